The number of rotatable bonds is 1. The maximum absolute atomic E-state index is 12.4. The molecule has 1 unspecified atom stereocenters. The van der Waals surface area contributed by atoms with Gasteiger partial charge in [0.2, 0.25) is 0 Å². The van der Waals surface area contributed by atoms with Gasteiger partial charge in [-0.05, 0) is 6.92 Å². The van der Waals surface area contributed by atoms with E-state index in [1.807, 2.05) is 0 Å². The summed E-state index contributed by atoms with van der Waals surface area (Å²) in [5.74, 6) is -2.72. The predicted molar refractivity (Wildman–Crippen MR) is 31.9 cm³/mol. The summed E-state index contributed by atoms with van der Waals surface area (Å²) in [6.45, 7) is 0.337. The first-order chi connectivity index (χ1) is 4.47. The van der Waals surface area contributed by atoms with Crippen molar-refractivity contribution >= 4 is 0 Å². The molecule has 1 atom stereocenters. The van der Waals surface area contributed by atoms with Gasteiger partial charge in [-0.15, -0.1) is 0 Å². The van der Waals surface area contributed by atoms with E-state index >= 15 is 0 Å². The molecule has 0 bridgehead atoms. The molecule has 0 aromatic carbocycles. The largest absolute Gasteiger partial charge is 0.303 e. The Labute approximate surface area is 57.6 Å². The lowest BCUT2D eigenvalue weighted by Gasteiger charge is -2.18. The number of nitrogens with one attached hydrogen (secondary N) is 1. The van der Waals surface area contributed by atoms with Crippen LogP contribution in [0.5, 0.6) is 0 Å². The van der Waals surface area contributed by atoms with E-state index in [2.05, 4.69) is 5.32 Å². The highest BCUT2D eigenvalue weighted by molar-refractivity contribution is 4.96. The van der Waals surface area contributed by atoms with Gasteiger partial charge < -0.3 is 5.32 Å². The summed E-state index contributed by atoms with van der Waals surface area (Å²) < 4.78 is 36.8. The molecule has 60 valence electrons. The molecule has 1 saturated heterocycles. The van der Waals surface area contributed by atoms with E-state index in [-0.39, 0.29) is 0 Å². The van der Waals surface area contributed by atoms with Crippen molar-refractivity contribution in [3.63, 3.8) is 0 Å². The highest BCUT2D eigenvalue weighted by Gasteiger charge is 2.46. The molecule has 0 aromatic heterocycles. The van der Waals surface area contributed by atoms with Gasteiger partial charge in [0, 0.05) is 12.0 Å². The van der Waals surface area contributed by atoms with Gasteiger partial charge in [0.15, 0.2) is 0 Å². The van der Waals surface area contributed by atoms with Gasteiger partial charge in [-0.2, -0.15) is 0 Å². The van der Waals surface area contributed by atoms with Crippen LogP contribution in [0.2, 0.25) is 0 Å². The highest BCUT2D eigenvalue weighted by Crippen LogP contribution is 2.31. The lowest BCUT2D eigenvalue weighted by atomic mass is 10.0. The van der Waals surface area contributed by atoms with Crippen LogP contribution >= 0.6 is 0 Å². The Morgan fingerprint density at radius 1 is 1.50 bits per heavy atom. The second-order valence-electron chi connectivity index (χ2n) is 3.08. The van der Waals surface area contributed by atoms with Gasteiger partial charge in [-0.1, -0.05) is 0 Å². The number of halogens is 3. The minimum atomic E-state index is -2.72. The van der Waals surface area contributed by atoms with E-state index in [0.717, 1.165) is 0 Å². The summed E-state index contributed by atoms with van der Waals surface area (Å²) in [6, 6.07) is 0. The molecule has 1 heterocycles. The van der Waals surface area contributed by atoms with Crippen molar-refractivity contribution in [3.05, 3.63) is 0 Å². The predicted octanol–water partition coefficient (Wildman–Crippen LogP) is 1.34. The first-order valence-electron chi connectivity index (χ1n) is 3.16. The van der Waals surface area contributed by atoms with Crippen molar-refractivity contribution in [2.24, 2.45) is 0 Å². The van der Waals surface area contributed by atoms with Crippen LogP contribution in [0.1, 0.15) is 13.3 Å². The normalized spacial score (nSPS) is 38.4. The summed E-state index contributed by atoms with van der Waals surface area (Å²) in [7, 11) is 0. The first-order valence-corrected chi connectivity index (χ1v) is 3.16. The Morgan fingerprint density at radius 3 is 2.30 bits per heavy atom. The SMILES string of the molecule is CC1(CF)CC(F)(F)CN1. The third-order valence-electron chi connectivity index (χ3n) is 1.72. The van der Waals surface area contributed by atoms with Crippen molar-refractivity contribution in [2.75, 3.05) is 13.2 Å². The zero-order valence-electron chi connectivity index (χ0n) is 5.76. The van der Waals surface area contributed by atoms with Crippen LogP contribution in [0.3, 0.4) is 0 Å². The average Bonchev–Trinajstić information content (AvgIpc) is 2.08. The fourth-order valence-corrected chi connectivity index (χ4v) is 1.13. The lowest BCUT2D eigenvalue weighted by molar-refractivity contribution is 0.0153. The molecule has 1 nitrogen and oxygen atoms in total. The Balaban J connectivity index is 2.57. The van der Waals surface area contributed by atoms with Crippen LogP contribution in [0, 0.1) is 0 Å². The average molecular weight is 153 g/mol. The molecule has 1 N–H and O–H groups in total. The Bertz CT molecular complexity index is 137. The molecule has 0 saturated carbocycles. The van der Waals surface area contributed by atoms with E-state index in [4.69, 9.17) is 0 Å². The summed E-state index contributed by atoms with van der Waals surface area (Å²) >= 11 is 0. The van der Waals surface area contributed by atoms with E-state index in [1.165, 1.54) is 6.92 Å². The highest BCUT2D eigenvalue weighted by atomic mass is 19.3. The molecule has 1 fully saturated rings. The zero-order valence-corrected chi connectivity index (χ0v) is 5.76. The second-order valence-corrected chi connectivity index (χ2v) is 3.08. The molecule has 0 radical (unpaired) electrons. The lowest BCUT2D eigenvalue weighted by Crippen LogP contribution is -2.38. The molecule has 1 aliphatic rings. The maximum atomic E-state index is 12.4. The van der Waals surface area contributed by atoms with Gasteiger partial charge in [-0.3, -0.25) is 0 Å². The van der Waals surface area contributed by atoms with E-state index < -0.39 is 31.1 Å². The van der Waals surface area contributed by atoms with Gasteiger partial charge in [-0.25, -0.2) is 13.2 Å². The van der Waals surface area contributed by atoms with E-state index in [9.17, 15) is 13.2 Å². The summed E-state index contributed by atoms with van der Waals surface area (Å²) in [4.78, 5) is 0. The monoisotopic (exact) mass is 153 g/mol. The fourth-order valence-electron chi connectivity index (χ4n) is 1.13. The molecule has 1 rings (SSSR count). The Morgan fingerprint density at radius 2 is 2.10 bits per heavy atom. The molecule has 4 heteroatoms. The minimum Gasteiger partial charge on any atom is -0.303 e. The van der Waals surface area contributed by atoms with Crippen LogP contribution in [-0.2, 0) is 0 Å². The third kappa shape index (κ3) is 1.42. The summed E-state index contributed by atoms with van der Waals surface area (Å²) in [6.07, 6.45) is -0.392. The third-order valence-corrected chi connectivity index (χ3v) is 1.72. The first kappa shape index (κ1) is 7.85. The Hall–Kier alpha value is -0.250. The topological polar surface area (TPSA) is 12.0 Å². The maximum Gasteiger partial charge on any atom is 0.262 e. The smallest absolute Gasteiger partial charge is 0.262 e. The number of alkyl halides is 3. The molecular weight excluding hydrogens is 143 g/mol. The standard InChI is InChI=1S/C6H10F3N/c1-5(3-7)2-6(8,9)4-10-5/h10H,2-4H2,1H3. The number of hydrogen-bond acceptors (Lipinski definition) is 1. The molecule has 10 heavy (non-hydrogen) atoms. The van der Waals surface area contributed by atoms with E-state index in [1.54, 1.807) is 0 Å². The zero-order chi connectivity index (χ0) is 7.83. The Kier molecular flexibility index (Phi) is 1.66. The number of hydrogen-bond donors (Lipinski definition) is 1. The minimum absolute atomic E-state index is 0.392. The molecule has 0 aromatic rings. The van der Waals surface area contributed by atoms with Crippen LogP contribution in [0.4, 0.5) is 13.2 Å². The summed E-state index contributed by atoms with van der Waals surface area (Å²) in [5, 5.41) is 2.45. The van der Waals surface area contributed by atoms with Crippen LogP contribution in [0.15, 0.2) is 0 Å². The fraction of sp³-hybridized carbons (Fsp3) is 1.00. The quantitative estimate of drug-likeness (QED) is 0.599. The van der Waals surface area contributed by atoms with E-state index in [0.29, 0.717) is 0 Å². The van der Waals surface area contributed by atoms with Crippen molar-refractivity contribution < 1.29 is 13.2 Å². The van der Waals surface area contributed by atoms with Crippen LogP contribution < -0.4 is 5.32 Å². The van der Waals surface area contributed by atoms with Gasteiger partial charge in [0.25, 0.3) is 5.92 Å². The van der Waals surface area contributed by atoms with Crippen molar-refractivity contribution in [1.82, 2.24) is 5.32 Å². The molecule has 0 aliphatic carbocycles. The summed E-state index contributed by atoms with van der Waals surface area (Å²) in [5.41, 5.74) is -0.997. The van der Waals surface area contributed by atoms with Crippen molar-refractivity contribution in [2.45, 2.75) is 24.8 Å². The van der Waals surface area contributed by atoms with Crippen molar-refractivity contribution in [3.8, 4) is 0 Å². The van der Waals surface area contributed by atoms with Crippen LogP contribution in [-0.4, -0.2) is 24.7 Å². The molecular formula is C6H10F3N. The molecule has 0 amide bonds. The second kappa shape index (κ2) is 2.12. The van der Waals surface area contributed by atoms with Crippen molar-refractivity contribution in [1.29, 1.82) is 0 Å². The van der Waals surface area contributed by atoms with Gasteiger partial charge in [0.1, 0.15) is 6.67 Å². The van der Waals surface area contributed by atoms with Gasteiger partial charge >= 0.3 is 0 Å². The van der Waals surface area contributed by atoms with Gasteiger partial charge in [0.05, 0.1) is 6.54 Å². The molecule has 1 aliphatic heterocycles. The van der Waals surface area contributed by atoms with Crippen LogP contribution in [0.25, 0.3) is 0 Å². The molecule has 0 spiro atoms.